The number of carbonyl (C=O) groups is 2. The van der Waals surface area contributed by atoms with E-state index in [0.717, 1.165) is 25.1 Å². The Balaban J connectivity index is 1.45. The van der Waals surface area contributed by atoms with Crippen molar-refractivity contribution < 1.29 is 9.59 Å². The van der Waals surface area contributed by atoms with Gasteiger partial charge in [0.05, 0.1) is 10.0 Å². The average molecular weight is 466 g/mol. The van der Waals surface area contributed by atoms with Crippen LogP contribution >= 0.6 is 23.2 Å². The molecule has 1 aromatic carbocycles. The van der Waals surface area contributed by atoms with E-state index in [1.165, 1.54) is 32.1 Å². The van der Waals surface area contributed by atoms with Gasteiger partial charge in [0.25, 0.3) is 0 Å². The van der Waals surface area contributed by atoms with Gasteiger partial charge in [-0.15, -0.1) is 0 Å². The highest BCUT2D eigenvalue weighted by Crippen LogP contribution is 2.23. The zero-order valence-electron chi connectivity index (χ0n) is 18.4. The number of halogens is 2. The first-order valence-electron chi connectivity index (χ1n) is 11.3. The first-order valence-corrected chi connectivity index (χ1v) is 12.1. The maximum absolute atomic E-state index is 12.6. The van der Waals surface area contributed by atoms with E-state index in [1.54, 1.807) is 29.2 Å². The molecule has 1 saturated heterocycles. The predicted octanol–water partition coefficient (Wildman–Crippen LogP) is 4.72. The van der Waals surface area contributed by atoms with Gasteiger partial charge in [-0.1, -0.05) is 48.5 Å². The Morgan fingerprint density at radius 3 is 2.65 bits per heavy atom. The first kappa shape index (κ1) is 24.1. The molecule has 0 unspecified atom stereocenters. The minimum atomic E-state index is -0.0854. The lowest BCUT2D eigenvalue weighted by atomic mass is 9.94. The van der Waals surface area contributed by atoms with Gasteiger partial charge in [-0.25, -0.2) is 0 Å². The monoisotopic (exact) mass is 465 g/mol. The number of benzene rings is 1. The normalized spacial score (nSPS) is 18.8. The first-order chi connectivity index (χ1) is 14.9. The van der Waals surface area contributed by atoms with Crippen LogP contribution in [0.3, 0.4) is 0 Å². The van der Waals surface area contributed by atoms with Crippen molar-refractivity contribution in [2.75, 3.05) is 39.8 Å². The van der Waals surface area contributed by atoms with Crippen molar-refractivity contribution in [3.8, 4) is 0 Å². The van der Waals surface area contributed by atoms with Gasteiger partial charge in [-0.2, -0.15) is 0 Å². The van der Waals surface area contributed by atoms with Crippen molar-refractivity contribution >= 4 is 41.1 Å². The molecule has 0 atom stereocenters. The quantitative estimate of drug-likeness (QED) is 0.547. The van der Waals surface area contributed by atoms with E-state index in [9.17, 15) is 9.59 Å². The van der Waals surface area contributed by atoms with Gasteiger partial charge in [0.15, 0.2) is 0 Å². The van der Waals surface area contributed by atoms with Crippen LogP contribution in [0.1, 0.15) is 50.5 Å². The lowest BCUT2D eigenvalue weighted by Gasteiger charge is -2.31. The molecule has 2 fully saturated rings. The lowest BCUT2D eigenvalue weighted by Crippen LogP contribution is -2.38. The molecule has 1 aromatic rings. The summed E-state index contributed by atoms with van der Waals surface area (Å²) in [6.45, 7) is 3.40. The van der Waals surface area contributed by atoms with Gasteiger partial charge in [0.1, 0.15) is 0 Å². The van der Waals surface area contributed by atoms with E-state index in [4.69, 9.17) is 23.2 Å². The molecule has 0 bridgehead atoms. The van der Waals surface area contributed by atoms with Crippen LogP contribution in [0.2, 0.25) is 10.0 Å². The predicted molar refractivity (Wildman–Crippen MR) is 127 cm³/mol. The minimum absolute atomic E-state index is 0.0854. The van der Waals surface area contributed by atoms with Gasteiger partial charge in [-0.3, -0.25) is 9.59 Å². The van der Waals surface area contributed by atoms with Crippen LogP contribution in [0.25, 0.3) is 6.08 Å². The fraction of sp³-hybridized carbons (Fsp3) is 0.583. The molecule has 5 nitrogen and oxygen atoms in total. The van der Waals surface area contributed by atoms with Gasteiger partial charge in [0.2, 0.25) is 11.8 Å². The molecule has 2 amide bonds. The van der Waals surface area contributed by atoms with E-state index in [1.807, 2.05) is 11.0 Å². The van der Waals surface area contributed by atoms with Crippen LogP contribution in [0, 0.1) is 0 Å². The highest BCUT2D eigenvalue weighted by molar-refractivity contribution is 6.42. The summed E-state index contributed by atoms with van der Waals surface area (Å²) in [5.41, 5.74) is 0.817. The smallest absolute Gasteiger partial charge is 0.246 e. The third-order valence-electron chi connectivity index (χ3n) is 6.40. The second-order valence-electron chi connectivity index (χ2n) is 8.59. The molecule has 1 saturated carbocycles. The van der Waals surface area contributed by atoms with Crippen LogP contribution in [0.4, 0.5) is 0 Å². The van der Waals surface area contributed by atoms with Gasteiger partial charge >= 0.3 is 0 Å². The maximum atomic E-state index is 12.6. The topological polar surface area (TPSA) is 43.9 Å². The fourth-order valence-electron chi connectivity index (χ4n) is 4.43. The van der Waals surface area contributed by atoms with E-state index in [-0.39, 0.29) is 11.8 Å². The molecule has 1 heterocycles. The second kappa shape index (κ2) is 11.9. The number of hydrogen-bond donors (Lipinski definition) is 0. The summed E-state index contributed by atoms with van der Waals surface area (Å²) in [5, 5.41) is 0.947. The molecule has 170 valence electrons. The third-order valence-corrected chi connectivity index (χ3v) is 7.14. The van der Waals surface area contributed by atoms with Crippen LogP contribution < -0.4 is 0 Å². The van der Waals surface area contributed by atoms with Crippen molar-refractivity contribution in [1.82, 2.24) is 14.7 Å². The largest absolute Gasteiger partial charge is 0.341 e. The molecule has 3 rings (SSSR count). The lowest BCUT2D eigenvalue weighted by molar-refractivity contribution is -0.130. The van der Waals surface area contributed by atoms with Crippen molar-refractivity contribution in [3.63, 3.8) is 0 Å². The molecule has 0 spiro atoms. The summed E-state index contributed by atoms with van der Waals surface area (Å²) >= 11 is 12.0. The number of carbonyl (C=O) groups excluding carboxylic acids is 2. The van der Waals surface area contributed by atoms with Crippen LogP contribution in [-0.4, -0.2) is 72.3 Å². The Labute approximate surface area is 196 Å². The zero-order chi connectivity index (χ0) is 22.2. The summed E-state index contributed by atoms with van der Waals surface area (Å²) in [7, 11) is 2.21. The van der Waals surface area contributed by atoms with E-state index >= 15 is 0 Å². The standard InChI is InChI=1S/C24H33Cl2N3O2/c1-27(20-6-3-2-4-7-20)13-5-14-28-16-17-29(15-12-24(28)31)23(30)11-9-19-8-10-21(25)22(26)18-19/h8-11,18,20H,2-7,12-17H2,1H3. The van der Waals surface area contributed by atoms with Crippen LogP contribution in [0.5, 0.6) is 0 Å². The molecule has 1 aliphatic carbocycles. The van der Waals surface area contributed by atoms with E-state index < -0.39 is 0 Å². The maximum Gasteiger partial charge on any atom is 0.246 e. The highest BCUT2D eigenvalue weighted by atomic mass is 35.5. The van der Waals surface area contributed by atoms with Crippen LogP contribution in [-0.2, 0) is 9.59 Å². The molecular weight excluding hydrogens is 433 g/mol. The molecule has 0 aromatic heterocycles. The summed E-state index contributed by atoms with van der Waals surface area (Å²) in [5.74, 6) is 0.0573. The van der Waals surface area contributed by atoms with Gasteiger partial charge < -0.3 is 14.7 Å². The summed E-state index contributed by atoms with van der Waals surface area (Å²) in [6.07, 6.45) is 11.3. The minimum Gasteiger partial charge on any atom is -0.341 e. The SMILES string of the molecule is CN(CCCN1CCN(C(=O)C=Cc2ccc(Cl)c(Cl)c2)CCC1=O)C1CCCCC1. The molecule has 7 heteroatoms. The zero-order valence-corrected chi connectivity index (χ0v) is 19.9. The molecule has 1 aliphatic heterocycles. The van der Waals surface area contributed by atoms with Crippen molar-refractivity contribution in [2.45, 2.75) is 51.0 Å². The Bertz CT molecular complexity index is 793. The molecule has 0 radical (unpaired) electrons. The molecular formula is C24H33Cl2N3O2. The van der Waals surface area contributed by atoms with E-state index in [0.29, 0.717) is 42.1 Å². The van der Waals surface area contributed by atoms with Gasteiger partial charge in [-0.05, 0) is 56.6 Å². The Morgan fingerprint density at radius 1 is 1.13 bits per heavy atom. The Hall–Kier alpha value is -1.56. The number of nitrogens with zero attached hydrogens (tertiary/aromatic N) is 3. The van der Waals surface area contributed by atoms with E-state index in [2.05, 4.69) is 11.9 Å². The molecule has 0 N–H and O–H groups in total. The molecule has 2 aliphatic rings. The molecule has 31 heavy (non-hydrogen) atoms. The van der Waals surface area contributed by atoms with Crippen molar-refractivity contribution in [3.05, 3.63) is 39.9 Å². The van der Waals surface area contributed by atoms with Crippen molar-refractivity contribution in [1.29, 1.82) is 0 Å². The average Bonchev–Trinajstić information content (AvgIpc) is 2.96. The third kappa shape index (κ3) is 7.23. The van der Waals surface area contributed by atoms with Crippen molar-refractivity contribution in [2.24, 2.45) is 0 Å². The van der Waals surface area contributed by atoms with Gasteiger partial charge in [0, 0.05) is 44.7 Å². The summed E-state index contributed by atoms with van der Waals surface area (Å²) in [4.78, 5) is 31.3. The Morgan fingerprint density at radius 2 is 1.90 bits per heavy atom. The summed E-state index contributed by atoms with van der Waals surface area (Å²) < 4.78 is 0. The highest BCUT2D eigenvalue weighted by Gasteiger charge is 2.23. The van der Waals surface area contributed by atoms with Crippen LogP contribution in [0.15, 0.2) is 24.3 Å². The summed E-state index contributed by atoms with van der Waals surface area (Å²) in [6, 6.07) is 5.95. The fourth-order valence-corrected chi connectivity index (χ4v) is 4.73. The number of rotatable bonds is 7. The second-order valence-corrected chi connectivity index (χ2v) is 9.40. The number of hydrogen-bond acceptors (Lipinski definition) is 3. The number of amides is 2. The Kier molecular flexibility index (Phi) is 9.24.